The molecule has 1 amide bonds. The van der Waals surface area contributed by atoms with Crippen molar-refractivity contribution in [3.63, 3.8) is 0 Å². The molecule has 0 fully saturated rings. The van der Waals surface area contributed by atoms with Crippen LogP contribution in [0, 0.1) is 0 Å². The Bertz CT molecular complexity index is 1080. The normalized spacial score (nSPS) is 13.0. The van der Waals surface area contributed by atoms with Crippen LogP contribution in [0.2, 0.25) is 0 Å². The Morgan fingerprint density at radius 3 is 2.50 bits per heavy atom. The number of nitrogen functional groups attached to an aromatic ring is 2. The molecule has 13 heteroatoms. The average molecular weight is 491 g/mol. The lowest BCUT2D eigenvalue weighted by molar-refractivity contribution is 0.0955. The number of carbonyl (C=O) groups excluding carboxylic acids is 1. The van der Waals surface area contributed by atoms with Crippen molar-refractivity contribution in [3.8, 4) is 0 Å². The third kappa shape index (κ3) is 6.43. The number of nitrogens with zero attached hydrogens (tertiary/aromatic N) is 4. The minimum Gasteiger partial charge on any atom is -0.382 e. The van der Waals surface area contributed by atoms with Crippen LogP contribution in [0.1, 0.15) is 24.2 Å². The number of hydrogen-bond acceptors (Lipinski definition) is 11. The van der Waals surface area contributed by atoms with E-state index in [-0.39, 0.29) is 43.6 Å². The zero-order valence-corrected chi connectivity index (χ0v) is 20.5. The van der Waals surface area contributed by atoms with Crippen LogP contribution in [0.15, 0.2) is 29.3 Å². The highest BCUT2D eigenvalue weighted by atomic mass is 31.2. The van der Waals surface area contributed by atoms with Crippen LogP contribution in [0.25, 0.3) is 0 Å². The number of amides is 1. The van der Waals surface area contributed by atoms with Crippen LogP contribution in [0.5, 0.6) is 0 Å². The fraction of sp³-hybridized carbons (Fsp3) is 0.429. The Hall–Kier alpha value is -3.21. The van der Waals surface area contributed by atoms with E-state index >= 15 is 0 Å². The quantitative estimate of drug-likeness (QED) is 0.343. The van der Waals surface area contributed by atoms with E-state index in [0.717, 1.165) is 11.4 Å². The molecule has 184 valence electrons. The summed E-state index contributed by atoms with van der Waals surface area (Å²) in [5, 5.41) is 5.92. The molecule has 1 aliphatic heterocycles. The Kier molecular flexibility index (Phi) is 8.43. The van der Waals surface area contributed by atoms with Crippen molar-refractivity contribution in [3.05, 3.63) is 29.8 Å². The first-order valence-corrected chi connectivity index (χ1v) is 12.7. The predicted molar refractivity (Wildman–Crippen MR) is 134 cm³/mol. The maximum Gasteiger partial charge on any atom is 0.332 e. The molecule has 0 aliphatic carbocycles. The molecule has 0 saturated carbocycles. The van der Waals surface area contributed by atoms with Gasteiger partial charge in [0.1, 0.15) is 5.69 Å². The summed E-state index contributed by atoms with van der Waals surface area (Å²) < 4.78 is 23.0. The van der Waals surface area contributed by atoms with Crippen LogP contribution in [0.3, 0.4) is 0 Å². The zero-order valence-electron chi connectivity index (χ0n) is 19.6. The van der Waals surface area contributed by atoms with Crippen LogP contribution >= 0.6 is 7.60 Å². The number of aromatic nitrogens is 2. The van der Waals surface area contributed by atoms with Crippen molar-refractivity contribution in [1.29, 1.82) is 0 Å². The maximum atomic E-state index is 12.5. The summed E-state index contributed by atoms with van der Waals surface area (Å²) in [6.45, 7) is 5.28. The standard InChI is InChI=1S/C21H31N8O4P/c1-4-32-34(31,33-5-2)11-10-24-20(30)14-6-8-16(9-7-14)29(3)13-15-12-25-19-17(26-15)18(22)27-21(23)28-19/h6-9H,4-5,10-13H2,1-3H3,(H,24,30)(H5,22,23,25,27,28). The number of fused-ring (bicyclic) bond motifs is 1. The fourth-order valence-electron chi connectivity index (χ4n) is 3.40. The van der Waals surface area contributed by atoms with E-state index in [1.807, 2.05) is 24.1 Å². The molecule has 1 aromatic carbocycles. The average Bonchev–Trinajstić information content (AvgIpc) is 2.79. The van der Waals surface area contributed by atoms with Gasteiger partial charge < -0.3 is 36.0 Å². The van der Waals surface area contributed by atoms with Gasteiger partial charge in [0, 0.05) is 24.8 Å². The molecular formula is C21H31N8O4P. The van der Waals surface area contributed by atoms with Gasteiger partial charge in [0.15, 0.2) is 11.6 Å². The molecule has 0 radical (unpaired) electrons. The Morgan fingerprint density at radius 1 is 1.18 bits per heavy atom. The molecule has 0 unspecified atom stereocenters. The lowest BCUT2D eigenvalue weighted by Crippen LogP contribution is -2.32. The highest BCUT2D eigenvalue weighted by Crippen LogP contribution is 2.47. The van der Waals surface area contributed by atoms with Gasteiger partial charge in [-0.25, -0.2) is 4.99 Å². The number of nitrogens with one attached hydrogen (secondary N) is 2. The van der Waals surface area contributed by atoms with Gasteiger partial charge in [0.25, 0.3) is 5.91 Å². The molecule has 0 spiro atoms. The Morgan fingerprint density at radius 2 is 1.85 bits per heavy atom. The first-order valence-electron chi connectivity index (χ1n) is 11.0. The summed E-state index contributed by atoms with van der Waals surface area (Å²) in [4.78, 5) is 27.1. The minimum atomic E-state index is -3.19. The van der Waals surface area contributed by atoms with Crippen LogP contribution in [-0.4, -0.2) is 67.6 Å². The van der Waals surface area contributed by atoms with Crippen molar-refractivity contribution in [1.82, 2.24) is 15.3 Å². The largest absolute Gasteiger partial charge is 0.382 e. The summed E-state index contributed by atoms with van der Waals surface area (Å²) in [5.74, 6) is 0.580. The number of aliphatic imine (C=N–C) groups is 1. The van der Waals surface area contributed by atoms with Gasteiger partial charge in [-0.2, -0.15) is 9.97 Å². The topological polar surface area (TPSA) is 170 Å². The number of hydrogen-bond donors (Lipinski definition) is 4. The van der Waals surface area contributed by atoms with E-state index in [2.05, 4.69) is 25.6 Å². The zero-order chi connectivity index (χ0) is 24.7. The second-order valence-corrected chi connectivity index (χ2v) is 9.71. The number of carbonyl (C=O) groups is 1. The molecule has 1 aliphatic rings. The van der Waals surface area contributed by atoms with E-state index in [1.165, 1.54) is 0 Å². The number of benzene rings is 1. The Labute approximate surface area is 198 Å². The molecule has 6 N–H and O–H groups in total. The Balaban J connectivity index is 1.57. The van der Waals surface area contributed by atoms with E-state index in [9.17, 15) is 9.36 Å². The number of nitrogens with two attached hydrogens (primary N) is 2. The highest BCUT2D eigenvalue weighted by molar-refractivity contribution is 7.53. The number of anilines is 4. The van der Waals surface area contributed by atoms with E-state index in [4.69, 9.17) is 20.5 Å². The van der Waals surface area contributed by atoms with Crippen molar-refractivity contribution < 1.29 is 18.4 Å². The predicted octanol–water partition coefficient (Wildman–Crippen LogP) is 2.27. The smallest absolute Gasteiger partial charge is 0.332 e. The van der Waals surface area contributed by atoms with Gasteiger partial charge in [0.05, 0.1) is 38.2 Å². The summed E-state index contributed by atoms with van der Waals surface area (Å²) in [5.41, 5.74) is 14.3. The van der Waals surface area contributed by atoms with Crippen LogP contribution in [0.4, 0.5) is 29.0 Å². The maximum absolute atomic E-state index is 12.5. The summed E-state index contributed by atoms with van der Waals surface area (Å²) in [6.07, 6.45) is 0.114. The summed E-state index contributed by atoms with van der Waals surface area (Å²) in [7, 11) is -1.27. The summed E-state index contributed by atoms with van der Waals surface area (Å²) >= 11 is 0. The lowest BCUT2D eigenvalue weighted by atomic mass is 10.1. The molecule has 1 aromatic heterocycles. The van der Waals surface area contributed by atoms with Gasteiger partial charge in [-0.05, 0) is 38.1 Å². The molecule has 2 aromatic rings. The van der Waals surface area contributed by atoms with Gasteiger partial charge in [-0.15, -0.1) is 0 Å². The molecule has 0 bridgehead atoms. The lowest BCUT2D eigenvalue weighted by Gasteiger charge is -2.24. The van der Waals surface area contributed by atoms with Gasteiger partial charge in [-0.1, -0.05) is 0 Å². The monoisotopic (exact) mass is 490 g/mol. The van der Waals surface area contributed by atoms with E-state index < -0.39 is 7.60 Å². The third-order valence-corrected chi connectivity index (χ3v) is 7.05. The highest BCUT2D eigenvalue weighted by Gasteiger charge is 2.23. The van der Waals surface area contributed by atoms with E-state index in [0.29, 0.717) is 30.2 Å². The van der Waals surface area contributed by atoms with Crippen molar-refractivity contribution in [2.45, 2.75) is 13.8 Å². The van der Waals surface area contributed by atoms with Crippen molar-refractivity contribution in [2.75, 3.05) is 67.7 Å². The minimum absolute atomic E-state index is 0.0984. The first-order chi connectivity index (χ1) is 16.2. The second kappa shape index (κ2) is 11.3. The van der Waals surface area contributed by atoms with E-state index in [1.54, 1.807) is 26.0 Å². The third-order valence-electron chi connectivity index (χ3n) is 4.97. The molecule has 2 heterocycles. The molecular weight excluding hydrogens is 459 g/mol. The van der Waals surface area contributed by atoms with Crippen LogP contribution in [-0.2, 0) is 13.6 Å². The van der Waals surface area contributed by atoms with Gasteiger partial charge in [0.2, 0.25) is 5.95 Å². The molecule has 3 rings (SSSR count). The molecule has 12 nitrogen and oxygen atoms in total. The first kappa shape index (κ1) is 25.4. The SMILES string of the molecule is CCOP(=O)(CCNC(=O)c1ccc(N(C)CC2=Nc3c(N)nc(N)nc3NC2)cc1)OCC. The van der Waals surface area contributed by atoms with Crippen molar-refractivity contribution in [2.24, 2.45) is 4.99 Å². The van der Waals surface area contributed by atoms with Crippen LogP contribution < -0.4 is 27.0 Å². The number of rotatable bonds is 11. The molecule has 0 atom stereocenters. The summed E-state index contributed by atoms with van der Waals surface area (Å²) in [6, 6.07) is 7.17. The van der Waals surface area contributed by atoms with Gasteiger partial charge in [-0.3, -0.25) is 9.36 Å². The molecule has 0 saturated heterocycles. The van der Waals surface area contributed by atoms with Gasteiger partial charge >= 0.3 is 7.60 Å². The fourth-order valence-corrected chi connectivity index (χ4v) is 4.90. The second-order valence-electron chi connectivity index (χ2n) is 7.52. The van der Waals surface area contributed by atoms with Crippen molar-refractivity contribution >= 4 is 48.2 Å². The molecule has 34 heavy (non-hydrogen) atoms.